The zero-order valence-electron chi connectivity index (χ0n) is 10.3. The molecule has 1 unspecified atom stereocenters. The fourth-order valence-corrected chi connectivity index (χ4v) is 2.33. The first-order valence-electron chi connectivity index (χ1n) is 6.22. The quantitative estimate of drug-likeness (QED) is 0.825. The Kier molecular flexibility index (Phi) is 3.96. The highest BCUT2D eigenvalue weighted by Gasteiger charge is 2.18. The molecular weight excluding hydrogens is 200 g/mol. The standard InChI is InChI=1S/C12H22N4/c1-3-16-8-4-5-11(10-16)13-9-12-6-7-14-15(12)2/h6-7,11,13H,3-5,8-10H2,1-2H3. The molecule has 0 radical (unpaired) electrons. The van der Waals surface area contributed by atoms with Gasteiger partial charge in [-0.2, -0.15) is 5.10 Å². The van der Waals surface area contributed by atoms with Crippen LogP contribution in [0.4, 0.5) is 0 Å². The van der Waals surface area contributed by atoms with Gasteiger partial charge >= 0.3 is 0 Å². The first-order valence-corrected chi connectivity index (χ1v) is 6.22. The lowest BCUT2D eigenvalue weighted by Gasteiger charge is -2.32. The third kappa shape index (κ3) is 2.83. The van der Waals surface area contributed by atoms with Crippen molar-refractivity contribution < 1.29 is 0 Å². The van der Waals surface area contributed by atoms with Gasteiger partial charge in [-0.3, -0.25) is 4.68 Å². The van der Waals surface area contributed by atoms with E-state index in [2.05, 4.69) is 28.3 Å². The third-order valence-corrected chi connectivity index (χ3v) is 3.45. The van der Waals surface area contributed by atoms with E-state index in [1.54, 1.807) is 0 Å². The summed E-state index contributed by atoms with van der Waals surface area (Å²) >= 11 is 0. The minimum absolute atomic E-state index is 0.642. The molecule has 4 nitrogen and oxygen atoms in total. The molecule has 16 heavy (non-hydrogen) atoms. The van der Waals surface area contributed by atoms with E-state index in [0.29, 0.717) is 6.04 Å². The van der Waals surface area contributed by atoms with Gasteiger partial charge in [-0.25, -0.2) is 0 Å². The number of rotatable bonds is 4. The van der Waals surface area contributed by atoms with Gasteiger partial charge in [0.2, 0.25) is 0 Å². The van der Waals surface area contributed by atoms with Crippen molar-refractivity contribution in [2.45, 2.75) is 32.4 Å². The highest BCUT2D eigenvalue weighted by molar-refractivity contribution is 4.99. The topological polar surface area (TPSA) is 33.1 Å². The van der Waals surface area contributed by atoms with Gasteiger partial charge in [-0.05, 0) is 32.0 Å². The number of hydrogen-bond donors (Lipinski definition) is 1. The molecule has 1 fully saturated rings. The summed E-state index contributed by atoms with van der Waals surface area (Å²) < 4.78 is 1.94. The molecule has 1 N–H and O–H groups in total. The first-order chi connectivity index (χ1) is 7.79. The van der Waals surface area contributed by atoms with Crippen molar-refractivity contribution in [2.24, 2.45) is 7.05 Å². The molecule has 0 aliphatic carbocycles. The second-order valence-corrected chi connectivity index (χ2v) is 4.56. The van der Waals surface area contributed by atoms with Crippen LogP contribution in [0.2, 0.25) is 0 Å². The Hall–Kier alpha value is -0.870. The third-order valence-electron chi connectivity index (χ3n) is 3.45. The number of nitrogens with zero attached hydrogens (tertiary/aromatic N) is 3. The van der Waals surface area contributed by atoms with Crippen molar-refractivity contribution in [3.63, 3.8) is 0 Å². The molecular formula is C12H22N4. The van der Waals surface area contributed by atoms with Crippen molar-refractivity contribution in [1.29, 1.82) is 0 Å². The Morgan fingerprint density at radius 2 is 2.44 bits per heavy atom. The first kappa shape index (κ1) is 11.6. The van der Waals surface area contributed by atoms with E-state index in [0.717, 1.165) is 6.54 Å². The number of aryl methyl sites for hydroxylation is 1. The molecule has 1 atom stereocenters. The summed E-state index contributed by atoms with van der Waals surface area (Å²) in [7, 11) is 2.00. The normalized spacial score (nSPS) is 22.5. The molecule has 0 saturated carbocycles. The Labute approximate surface area is 97.6 Å². The summed E-state index contributed by atoms with van der Waals surface area (Å²) in [4.78, 5) is 2.52. The SMILES string of the molecule is CCN1CCCC(NCc2ccnn2C)C1. The van der Waals surface area contributed by atoms with Crippen molar-refractivity contribution in [3.05, 3.63) is 18.0 Å². The maximum Gasteiger partial charge on any atom is 0.0518 e. The maximum atomic E-state index is 4.18. The van der Waals surface area contributed by atoms with Gasteiger partial charge in [0.1, 0.15) is 0 Å². The van der Waals surface area contributed by atoms with Crippen LogP contribution in [0.15, 0.2) is 12.3 Å². The second kappa shape index (κ2) is 5.46. The lowest BCUT2D eigenvalue weighted by molar-refractivity contribution is 0.198. The van der Waals surface area contributed by atoms with Crippen molar-refractivity contribution in [3.8, 4) is 0 Å². The summed E-state index contributed by atoms with van der Waals surface area (Å²) in [5, 5.41) is 7.80. The number of piperidine rings is 1. The van der Waals surface area contributed by atoms with E-state index < -0.39 is 0 Å². The predicted octanol–water partition coefficient (Wildman–Crippen LogP) is 0.994. The summed E-state index contributed by atoms with van der Waals surface area (Å²) in [5.74, 6) is 0. The molecule has 2 rings (SSSR count). The molecule has 0 bridgehead atoms. The molecule has 0 spiro atoms. The fourth-order valence-electron chi connectivity index (χ4n) is 2.33. The lowest BCUT2D eigenvalue weighted by atomic mass is 10.1. The number of likely N-dealkylation sites (N-methyl/N-ethyl adjacent to an activating group) is 1. The van der Waals surface area contributed by atoms with Crippen LogP contribution < -0.4 is 5.32 Å². The largest absolute Gasteiger partial charge is 0.307 e. The van der Waals surface area contributed by atoms with Crippen LogP contribution in [-0.2, 0) is 13.6 Å². The smallest absolute Gasteiger partial charge is 0.0518 e. The summed E-state index contributed by atoms with van der Waals surface area (Å²) in [6, 6.07) is 2.72. The van der Waals surface area contributed by atoms with Crippen LogP contribution in [0.3, 0.4) is 0 Å². The molecule has 1 saturated heterocycles. The van der Waals surface area contributed by atoms with Crippen LogP contribution in [-0.4, -0.2) is 40.4 Å². The molecule has 0 amide bonds. The molecule has 1 aliphatic heterocycles. The molecule has 4 heteroatoms. The maximum absolute atomic E-state index is 4.18. The van der Waals surface area contributed by atoms with E-state index in [4.69, 9.17) is 0 Å². The van der Waals surface area contributed by atoms with Crippen molar-refractivity contribution >= 4 is 0 Å². The molecule has 1 aromatic heterocycles. The lowest BCUT2D eigenvalue weighted by Crippen LogP contribution is -2.45. The summed E-state index contributed by atoms with van der Waals surface area (Å²) in [6.07, 6.45) is 4.47. The minimum atomic E-state index is 0.642. The van der Waals surface area contributed by atoms with Crippen LogP contribution in [0.25, 0.3) is 0 Å². The average molecular weight is 222 g/mol. The number of aromatic nitrogens is 2. The van der Waals surface area contributed by atoms with Gasteiger partial charge in [-0.15, -0.1) is 0 Å². The van der Waals surface area contributed by atoms with E-state index in [-0.39, 0.29) is 0 Å². The fraction of sp³-hybridized carbons (Fsp3) is 0.750. The van der Waals surface area contributed by atoms with Gasteiger partial charge in [0.15, 0.2) is 0 Å². The zero-order chi connectivity index (χ0) is 11.4. The number of hydrogen-bond acceptors (Lipinski definition) is 3. The molecule has 90 valence electrons. The molecule has 0 aromatic carbocycles. The Morgan fingerprint density at radius 1 is 1.56 bits per heavy atom. The van der Waals surface area contributed by atoms with Crippen LogP contribution >= 0.6 is 0 Å². The predicted molar refractivity (Wildman–Crippen MR) is 65.2 cm³/mol. The van der Waals surface area contributed by atoms with Crippen molar-refractivity contribution in [1.82, 2.24) is 20.0 Å². The van der Waals surface area contributed by atoms with Gasteiger partial charge in [0.05, 0.1) is 5.69 Å². The van der Waals surface area contributed by atoms with Gasteiger partial charge in [0, 0.05) is 32.4 Å². The van der Waals surface area contributed by atoms with Gasteiger partial charge in [0.25, 0.3) is 0 Å². The summed E-state index contributed by atoms with van der Waals surface area (Å²) in [6.45, 7) is 6.79. The highest BCUT2D eigenvalue weighted by atomic mass is 15.3. The Morgan fingerprint density at radius 3 is 3.12 bits per heavy atom. The van der Waals surface area contributed by atoms with E-state index in [1.165, 1.54) is 38.2 Å². The number of nitrogens with one attached hydrogen (secondary N) is 1. The average Bonchev–Trinajstić information content (AvgIpc) is 2.72. The summed E-state index contributed by atoms with van der Waals surface area (Å²) in [5.41, 5.74) is 1.26. The highest BCUT2D eigenvalue weighted by Crippen LogP contribution is 2.10. The molecule has 2 heterocycles. The number of likely N-dealkylation sites (tertiary alicyclic amines) is 1. The van der Waals surface area contributed by atoms with E-state index in [1.807, 2.05) is 17.9 Å². The molecule has 1 aliphatic rings. The van der Waals surface area contributed by atoms with Crippen LogP contribution in [0.5, 0.6) is 0 Å². The van der Waals surface area contributed by atoms with Crippen LogP contribution in [0, 0.1) is 0 Å². The molecule has 1 aromatic rings. The minimum Gasteiger partial charge on any atom is -0.307 e. The monoisotopic (exact) mass is 222 g/mol. The zero-order valence-corrected chi connectivity index (χ0v) is 10.3. The Bertz CT molecular complexity index is 321. The van der Waals surface area contributed by atoms with E-state index >= 15 is 0 Å². The van der Waals surface area contributed by atoms with Gasteiger partial charge in [-0.1, -0.05) is 6.92 Å². The van der Waals surface area contributed by atoms with Gasteiger partial charge < -0.3 is 10.2 Å². The van der Waals surface area contributed by atoms with Crippen LogP contribution in [0.1, 0.15) is 25.5 Å². The van der Waals surface area contributed by atoms with Crippen molar-refractivity contribution in [2.75, 3.05) is 19.6 Å². The second-order valence-electron chi connectivity index (χ2n) is 4.56. The van der Waals surface area contributed by atoms with E-state index in [9.17, 15) is 0 Å². The Balaban J connectivity index is 1.79.